The van der Waals surface area contributed by atoms with Crippen molar-refractivity contribution in [2.45, 2.75) is 18.9 Å². The monoisotopic (exact) mass is 271 g/mol. The number of piperazine rings is 1. The van der Waals surface area contributed by atoms with E-state index in [1.54, 1.807) is 0 Å². The average molecular weight is 271 g/mol. The Morgan fingerprint density at radius 1 is 1.10 bits per heavy atom. The number of nitrogens with zero attached hydrogens (tertiary/aromatic N) is 3. The highest BCUT2D eigenvalue weighted by atomic mass is 19.1. The molecule has 0 amide bonds. The summed E-state index contributed by atoms with van der Waals surface area (Å²) in [5, 5.41) is 0. The molecule has 1 unspecified atom stereocenters. The van der Waals surface area contributed by atoms with Crippen LogP contribution in [0.4, 0.5) is 10.1 Å². The first-order valence-electron chi connectivity index (χ1n) is 7.09. The van der Waals surface area contributed by atoms with E-state index in [-0.39, 0.29) is 5.82 Å². The zero-order chi connectivity index (χ0) is 13.9. The summed E-state index contributed by atoms with van der Waals surface area (Å²) in [6.07, 6.45) is 4.13. The van der Waals surface area contributed by atoms with Gasteiger partial charge in [-0.05, 0) is 37.1 Å². The lowest BCUT2D eigenvalue weighted by atomic mass is 10.1. The molecule has 1 fully saturated rings. The average Bonchev–Trinajstić information content (AvgIpc) is 2.97. The van der Waals surface area contributed by atoms with Crippen LogP contribution in [-0.4, -0.2) is 37.1 Å². The summed E-state index contributed by atoms with van der Waals surface area (Å²) in [4.78, 5) is 8.29. The van der Waals surface area contributed by atoms with Gasteiger partial charge in [0, 0.05) is 37.9 Å². The molecule has 3 rings (SSSR count). The number of benzene rings is 1. The van der Waals surface area contributed by atoms with Gasteiger partial charge in [-0.2, -0.15) is 0 Å². The predicted molar refractivity (Wildman–Crippen MR) is 77.9 cm³/mol. The predicted octanol–water partition coefficient (Wildman–Crippen LogP) is 2.91. The van der Waals surface area contributed by atoms with Crippen LogP contribution in [0.2, 0.25) is 0 Å². The number of hydrogen-bond acceptors (Lipinski definition) is 2. The van der Waals surface area contributed by atoms with Gasteiger partial charge in [-0.25, -0.2) is 9.24 Å². The Hall–Kier alpha value is -1.86. The van der Waals surface area contributed by atoms with Gasteiger partial charge >= 0.3 is 0 Å². The number of rotatable bonds is 2. The zero-order valence-electron chi connectivity index (χ0n) is 11.4. The van der Waals surface area contributed by atoms with Gasteiger partial charge in [0.15, 0.2) is 5.70 Å². The van der Waals surface area contributed by atoms with Crippen LogP contribution in [0.3, 0.4) is 0 Å². The summed E-state index contributed by atoms with van der Waals surface area (Å²) in [5.74, 6) is -0.185. The van der Waals surface area contributed by atoms with E-state index in [4.69, 9.17) is 6.57 Å². The Balaban J connectivity index is 1.59. The van der Waals surface area contributed by atoms with Crippen molar-refractivity contribution >= 4 is 5.69 Å². The molecule has 1 saturated heterocycles. The van der Waals surface area contributed by atoms with Crippen LogP contribution in [0.5, 0.6) is 0 Å². The van der Waals surface area contributed by atoms with E-state index >= 15 is 0 Å². The van der Waals surface area contributed by atoms with Crippen molar-refractivity contribution in [3.05, 3.63) is 53.3 Å². The van der Waals surface area contributed by atoms with E-state index < -0.39 is 0 Å². The maximum Gasteiger partial charge on any atom is 0.163 e. The molecule has 1 aromatic rings. The molecule has 0 bridgehead atoms. The summed E-state index contributed by atoms with van der Waals surface area (Å²) in [7, 11) is 0. The minimum Gasteiger partial charge on any atom is -0.369 e. The van der Waals surface area contributed by atoms with Crippen LogP contribution in [0.15, 0.2) is 36.0 Å². The first kappa shape index (κ1) is 13.1. The van der Waals surface area contributed by atoms with Crippen molar-refractivity contribution in [3.63, 3.8) is 0 Å². The second-order valence-corrected chi connectivity index (χ2v) is 5.38. The highest BCUT2D eigenvalue weighted by Gasteiger charge is 2.26. The first-order chi connectivity index (χ1) is 9.76. The molecule has 0 spiro atoms. The van der Waals surface area contributed by atoms with Crippen molar-refractivity contribution in [3.8, 4) is 0 Å². The fourth-order valence-electron chi connectivity index (χ4n) is 3.03. The molecule has 4 heteroatoms. The van der Waals surface area contributed by atoms with Gasteiger partial charge in [-0.1, -0.05) is 6.08 Å². The lowest BCUT2D eigenvalue weighted by Crippen LogP contribution is -2.49. The molecule has 0 N–H and O–H groups in total. The third-order valence-corrected chi connectivity index (χ3v) is 4.20. The molecule has 1 aliphatic carbocycles. The van der Waals surface area contributed by atoms with Gasteiger partial charge in [-0.15, -0.1) is 0 Å². The molecule has 0 radical (unpaired) electrons. The molecule has 1 heterocycles. The summed E-state index contributed by atoms with van der Waals surface area (Å²) in [6.45, 7) is 11.0. The topological polar surface area (TPSA) is 10.8 Å². The van der Waals surface area contributed by atoms with Crippen LogP contribution in [0.25, 0.3) is 4.85 Å². The van der Waals surface area contributed by atoms with Crippen molar-refractivity contribution in [1.29, 1.82) is 0 Å². The molecule has 1 atom stereocenters. The molecule has 2 aliphatic rings. The quantitative estimate of drug-likeness (QED) is 0.766. The lowest BCUT2D eigenvalue weighted by Gasteiger charge is -2.38. The number of allylic oxidation sites excluding steroid dienone is 1. The number of hydrogen-bond donors (Lipinski definition) is 0. The van der Waals surface area contributed by atoms with Crippen LogP contribution in [0.1, 0.15) is 12.8 Å². The Morgan fingerprint density at radius 3 is 2.40 bits per heavy atom. The SMILES string of the molecule is [C-]#[N+]C1=CC(N2CCN(c3ccc(F)cc3)CC2)CC1. The molecule has 3 nitrogen and oxygen atoms in total. The van der Waals surface area contributed by atoms with Gasteiger partial charge in [0.1, 0.15) is 5.82 Å². The van der Waals surface area contributed by atoms with Crippen LogP contribution < -0.4 is 4.90 Å². The second kappa shape index (κ2) is 5.64. The van der Waals surface area contributed by atoms with Crippen LogP contribution >= 0.6 is 0 Å². The summed E-state index contributed by atoms with van der Waals surface area (Å²) in [6, 6.07) is 7.16. The Labute approximate surface area is 119 Å². The van der Waals surface area contributed by atoms with E-state index in [1.807, 2.05) is 12.1 Å². The summed E-state index contributed by atoms with van der Waals surface area (Å²) < 4.78 is 12.9. The zero-order valence-corrected chi connectivity index (χ0v) is 11.4. The van der Waals surface area contributed by atoms with E-state index in [9.17, 15) is 4.39 Å². The van der Waals surface area contributed by atoms with Gasteiger partial charge in [0.25, 0.3) is 0 Å². The lowest BCUT2D eigenvalue weighted by molar-refractivity contribution is 0.214. The standard InChI is InChI=1S/C16H18FN3/c1-18-14-4-7-16(12-14)20-10-8-19(9-11-20)15-5-2-13(17)3-6-15/h2-3,5-6,12,16H,4,7-11H2. The van der Waals surface area contributed by atoms with Crippen molar-refractivity contribution in [2.24, 2.45) is 0 Å². The molecule has 1 aromatic carbocycles. The van der Waals surface area contributed by atoms with Crippen molar-refractivity contribution in [2.75, 3.05) is 31.1 Å². The molecule has 0 aromatic heterocycles. The smallest absolute Gasteiger partial charge is 0.163 e. The van der Waals surface area contributed by atoms with Crippen molar-refractivity contribution in [1.82, 2.24) is 4.90 Å². The number of halogens is 1. The Morgan fingerprint density at radius 2 is 1.80 bits per heavy atom. The van der Waals surface area contributed by atoms with Gasteiger partial charge < -0.3 is 4.90 Å². The molecule has 20 heavy (non-hydrogen) atoms. The fourth-order valence-corrected chi connectivity index (χ4v) is 3.03. The molecular formula is C16H18FN3. The fraction of sp³-hybridized carbons (Fsp3) is 0.438. The molecular weight excluding hydrogens is 253 g/mol. The normalized spacial score (nSPS) is 23.5. The second-order valence-electron chi connectivity index (χ2n) is 5.38. The first-order valence-corrected chi connectivity index (χ1v) is 7.09. The third kappa shape index (κ3) is 2.68. The number of anilines is 1. The molecule has 1 aliphatic heterocycles. The minimum absolute atomic E-state index is 0.185. The highest BCUT2D eigenvalue weighted by Crippen LogP contribution is 2.25. The Bertz CT molecular complexity index is 536. The largest absolute Gasteiger partial charge is 0.369 e. The molecule has 104 valence electrons. The molecule has 0 saturated carbocycles. The summed E-state index contributed by atoms with van der Waals surface area (Å²) in [5.41, 5.74) is 2.01. The van der Waals surface area contributed by atoms with Crippen molar-refractivity contribution < 1.29 is 4.39 Å². The van der Waals surface area contributed by atoms with Gasteiger partial charge in [0.2, 0.25) is 0 Å². The van der Waals surface area contributed by atoms with Gasteiger partial charge in [0.05, 0.1) is 6.57 Å². The minimum atomic E-state index is -0.185. The van der Waals surface area contributed by atoms with E-state index in [1.165, 1.54) is 12.1 Å². The maximum atomic E-state index is 12.9. The van der Waals surface area contributed by atoms with Gasteiger partial charge in [-0.3, -0.25) is 4.90 Å². The van der Waals surface area contributed by atoms with E-state index in [0.29, 0.717) is 6.04 Å². The van der Waals surface area contributed by atoms with E-state index in [2.05, 4.69) is 20.7 Å². The summed E-state index contributed by atoms with van der Waals surface area (Å²) >= 11 is 0. The maximum absolute atomic E-state index is 12.9. The highest BCUT2D eigenvalue weighted by molar-refractivity contribution is 5.46. The van der Waals surface area contributed by atoms with E-state index in [0.717, 1.165) is 50.4 Å². The van der Waals surface area contributed by atoms with Crippen LogP contribution in [-0.2, 0) is 0 Å². The van der Waals surface area contributed by atoms with Crippen LogP contribution in [0, 0.1) is 12.4 Å². The Kier molecular flexibility index (Phi) is 3.70. The third-order valence-electron chi connectivity index (χ3n) is 4.20.